The van der Waals surface area contributed by atoms with Crippen LogP contribution >= 0.6 is 0 Å². The molecule has 5 nitrogen and oxygen atoms in total. The number of halogens is 2. The number of ether oxygens (including phenoxy) is 3. The van der Waals surface area contributed by atoms with E-state index in [1.807, 2.05) is 30.3 Å². The van der Waals surface area contributed by atoms with Crippen molar-refractivity contribution in [2.45, 2.75) is 13.2 Å². The topological polar surface area (TPSA) is 56.8 Å². The largest absolute Gasteiger partial charge is 0.493 e. The van der Waals surface area contributed by atoms with Crippen molar-refractivity contribution in [2.75, 3.05) is 12.4 Å². The van der Waals surface area contributed by atoms with Crippen LogP contribution in [0, 0.1) is 0 Å². The molecule has 3 rings (SSSR count). The van der Waals surface area contributed by atoms with Crippen molar-refractivity contribution in [3.63, 3.8) is 0 Å². The molecule has 7 heteroatoms. The van der Waals surface area contributed by atoms with E-state index in [0.29, 0.717) is 23.6 Å². The third-order valence-corrected chi connectivity index (χ3v) is 4.20. The third-order valence-electron chi connectivity index (χ3n) is 4.20. The lowest BCUT2D eigenvalue weighted by molar-refractivity contribution is -0.111. The summed E-state index contributed by atoms with van der Waals surface area (Å²) >= 11 is 0. The van der Waals surface area contributed by atoms with Crippen LogP contribution in [-0.4, -0.2) is 19.6 Å². The summed E-state index contributed by atoms with van der Waals surface area (Å²) in [5, 5.41) is 2.74. The second kappa shape index (κ2) is 10.8. The molecule has 0 aliphatic rings. The zero-order valence-corrected chi connectivity index (χ0v) is 16.8. The van der Waals surface area contributed by atoms with E-state index >= 15 is 0 Å². The number of hydrogen-bond donors (Lipinski definition) is 1. The van der Waals surface area contributed by atoms with E-state index in [4.69, 9.17) is 9.47 Å². The number of amides is 1. The number of hydrogen-bond acceptors (Lipinski definition) is 4. The van der Waals surface area contributed by atoms with E-state index in [1.165, 1.54) is 25.3 Å². The van der Waals surface area contributed by atoms with Crippen molar-refractivity contribution < 1.29 is 27.8 Å². The maximum atomic E-state index is 12.4. The van der Waals surface area contributed by atoms with Gasteiger partial charge in [-0.1, -0.05) is 36.4 Å². The van der Waals surface area contributed by atoms with Gasteiger partial charge >= 0.3 is 6.61 Å². The van der Waals surface area contributed by atoms with E-state index in [9.17, 15) is 13.6 Å². The Morgan fingerprint density at radius 2 is 1.74 bits per heavy atom. The average Bonchev–Trinajstić information content (AvgIpc) is 2.78. The minimum absolute atomic E-state index is 0.0753. The monoisotopic (exact) mass is 425 g/mol. The summed E-state index contributed by atoms with van der Waals surface area (Å²) in [4.78, 5) is 12.2. The summed E-state index contributed by atoms with van der Waals surface area (Å²) in [6.07, 6.45) is 2.88. The van der Waals surface area contributed by atoms with Crippen LogP contribution in [0.5, 0.6) is 17.2 Å². The van der Waals surface area contributed by atoms with Gasteiger partial charge in [-0.2, -0.15) is 8.78 Å². The molecule has 1 amide bonds. The summed E-state index contributed by atoms with van der Waals surface area (Å²) in [5.41, 5.74) is 2.27. The number of anilines is 1. The summed E-state index contributed by atoms with van der Waals surface area (Å²) in [6, 6.07) is 21.2. The Balaban J connectivity index is 1.54. The first-order valence-electron chi connectivity index (χ1n) is 9.42. The maximum Gasteiger partial charge on any atom is 0.387 e. The Bertz CT molecular complexity index is 1020. The van der Waals surface area contributed by atoms with Crippen LogP contribution in [0.4, 0.5) is 14.5 Å². The summed E-state index contributed by atoms with van der Waals surface area (Å²) in [5.74, 6) is 0.419. The normalized spacial score (nSPS) is 10.8. The number of alkyl halides is 2. The predicted molar refractivity (Wildman–Crippen MR) is 115 cm³/mol. The van der Waals surface area contributed by atoms with Crippen LogP contribution in [0.2, 0.25) is 0 Å². The summed E-state index contributed by atoms with van der Waals surface area (Å²) in [7, 11) is 1.35. The first kappa shape index (κ1) is 21.8. The van der Waals surface area contributed by atoms with Gasteiger partial charge in [-0.25, -0.2) is 0 Å². The number of carbonyl (C=O) groups is 1. The van der Waals surface area contributed by atoms with E-state index in [-0.39, 0.29) is 17.4 Å². The molecule has 3 aromatic carbocycles. The minimum Gasteiger partial charge on any atom is -0.493 e. The third kappa shape index (κ3) is 6.85. The number of carbonyl (C=O) groups excluding carboxylic acids is 1. The zero-order valence-electron chi connectivity index (χ0n) is 16.8. The van der Waals surface area contributed by atoms with Crippen molar-refractivity contribution in [3.8, 4) is 17.2 Å². The van der Waals surface area contributed by atoms with Gasteiger partial charge in [0.25, 0.3) is 0 Å². The predicted octanol–water partition coefficient (Wildman–Crippen LogP) is 5.53. The fraction of sp³-hybridized carbons (Fsp3) is 0.125. The van der Waals surface area contributed by atoms with Crippen LogP contribution in [0.1, 0.15) is 11.1 Å². The molecule has 1 N–H and O–H groups in total. The fourth-order valence-corrected chi connectivity index (χ4v) is 2.71. The molecule has 0 fully saturated rings. The second-order valence-electron chi connectivity index (χ2n) is 6.41. The fourth-order valence-electron chi connectivity index (χ4n) is 2.71. The molecule has 0 heterocycles. The quantitative estimate of drug-likeness (QED) is 0.458. The van der Waals surface area contributed by atoms with Gasteiger partial charge in [0.15, 0.2) is 11.5 Å². The van der Waals surface area contributed by atoms with Gasteiger partial charge in [0.05, 0.1) is 7.11 Å². The Morgan fingerprint density at radius 1 is 1.00 bits per heavy atom. The maximum absolute atomic E-state index is 12.4. The Kier molecular flexibility index (Phi) is 7.59. The molecule has 0 radical (unpaired) electrons. The summed E-state index contributed by atoms with van der Waals surface area (Å²) in [6.45, 7) is -2.49. The molecule has 0 spiro atoms. The Hall–Kier alpha value is -3.87. The highest BCUT2D eigenvalue weighted by Gasteiger charge is 2.10. The minimum atomic E-state index is -2.95. The first-order chi connectivity index (χ1) is 15.0. The SMILES string of the molecule is COc1cc(/C=C/C(=O)Nc2ccc(OCc3ccccc3)cc2)ccc1OC(F)F. The van der Waals surface area contributed by atoms with Crippen molar-refractivity contribution in [3.05, 3.63) is 90.0 Å². The highest BCUT2D eigenvalue weighted by atomic mass is 19.3. The van der Waals surface area contributed by atoms with Crippen molar-refractivity contribution in [1.29, 1.82) is 0 Å². The molecule has 0 aromatic heterocycles. The molecule has 0 saturated carbocycles. The van der Waals surface area contributed by atoms with E-state index in [1.54, 1.807) is 36.4 Å². The number of benzene rings is 3. The molecule has 31 heavy (non-hydrogen) atoms. The molecule has 0 atom stereocenters. The lowest BCUT2D eigenvalue weighted by atomic mass is 10.2. The lowest BCUT2D eigenvalue weighted by Crippen LogP contribution is -2.07. The van der Waals surface area contributed by atoms with E-state index < -0.39 is 6.61 Å². The standard InChI is InChI=1S/C24H21F2NO4/c1-29-22-15-17(7-13-21(22)31-24(25)26)8-14-23(28)27-19-9-11-20(12-10-19)30-16-18-5-3-2-4-6-18/h2-15,24H,16H2,1H3,(H,27,28)/b14-8+. The van der Waals surface area contributed by atoms with E-state index in [0.717, 1.165) is 5.56 Å². The smallest absolute Gasteiger partial charge is 0.387 e. The van der Waals surface area contributed by atoms with Gasteiger partial charge in [0.1, 0.15) is 12.4 Å². The zero-order chi connectivity index (χ0) is 22.1. The molecular weight excluding hydrogens is 404 g/mol. The van der Waals surface area contributed by atoms with Crippen molar-refractivity contribution in [2.24, 2.45) is 0 Å². The van der Waals surface area contributed by atoms with Gasteiger partial charge in [-0.3, -0.25) is 4.79 Å². The van der Waals surface area contributed by atoms with Gasteiger partial charge in [-0.15, -0.1) is 0 Å². The van der Waals surface area contributed by atoms with Crippen molar-refractivity contribution in [1.82, 2.24) is 0 Å². The van der Waals surface area contributed by atoms with Crippen LogP contribution in [-0.2, 0) is 11.4 Å². The molecule has 0 unspecified atom stereocenters. The Labute approximate surface area is 178 Å². The molecular formula is C24H21F2NO4. The highest BCUT2D eigenvalue weighted by Crippen LogP contribution is 2.29. The van der Waals surface area contributed by atoms with Gasteiger partial charge in [0, 0.05) is 11.8 Å². The number of methoxy groups -OCH3 is 1. The van der Waals surface area contributed by atoms with Crippen LogP contribution in [0.15, 0.2) is 78.9 Å². The molecule has 0 saturated heterocycles. The van der Waals surface area contributed by atoms with Crippen molar-refractivity contribution >= 4 is 17.7 Å². The van der Waals surface area contributed by atoms with E-state index in [2.05, 4.69) is 10.1 Å². The van der Waals surface area contributed by atoms with Crippen LogP contribution in [0.25, 0.3) is 6.08 Å². The molecule has 160 valence electrons. The number of rotatable bonds is 9. The van der Waals surface area contributed by atoms with Gasteiger partial charge < -0.3 is 19.5 Å². The van der Waals surface area contributed by atoms with Gasteiger partial charge in [0.2, 0.25) is 5.91 Å². The summed E-state index contributed by atoms with van der Waals surface area (Å²) < 4.78 is 39.9. The first-order valence-corrected chi connectivity index (χ1v) is 9.42. The highest BCUT2D eigenvalue weighted by molar-refractivity contribution is 6.01. The molecule has 0 aliphatic carbocycles. The van der Waals surface area contributed by atoms with Crippen LogP contribution in [0.3, 0.4) is 0 Å². The Morgan fingerprint density at radius 3 is 2.42 bits per heavy atom. The van der Waals surface area contributed by atoms with Crippen LogP contribution < -0.4 is 19.5 Å². The van der Waals surface area contributed by atoms with Gasteiger partial charge in [-0.05, 0) is 53.6 Å². The molecule has 0 bridgehead atoms. The average molecular weight is 425 g/mol. The second-order valence-corrected chi connectivity index (χ2v) is 6.41. The number of nitrogens with one attached hydrogen (secondary N) is 1. The molecule has 0 aliphatic heterocycles. The lowest BCUT2D eigenvalue weighted by Gasteiger charge is -2.10. The molecule has 3 aromatic rings.